The Kier molecular flexibility index (Phi) is 11.6. The number of aryl methyl sites for hydroxylation is 3. The predicted octanol–water partition coefficient (Wildman–Crippen LogP) is 3.21. The van der Waals surface area contributed by atoms with Crippen molar-refractivity contribution in [3.05, 3.63) is 70.8 Å². The molecule has 0 aliphatic heterocycles. The molecule has 0 bridgehead atoms. The smallest absolute Gasteiger partial charge is 0.345 e. The number of carbonyl (C=O) groups excluding carboxylic acids is 2. The highest BCUT2D eigenvalue weighted by Crippen LogP contribution is 2.33. The van der Waals surface area contributed by atoms with Crippen LogP contribution >= 0.6 is 0 Å². The number of hydrogen-bond donors (Lipinski definition) is 3. The predicted molar refractivity (Wildman–Crippen MR) is 174 cm³/mol. The standard InChI is InChI=1S/C32H35NO13S2/c1-20-16-22(31(35)43-3)17-21(2)30(20)46-32(36)29-25-18-23(44-12-5-15-48(40,41)42)6-8-27(25)33(10-4-14-47(37,38)39)28-9-7-24(19-26(28)29)45-13-11-34/h6-9,16-19,34H,4-5,10-15H2,1-3H3,(H-,37,38,39,40,41,42)/p+1. The van der Waals surface area contributed by atoms with Crippen LogP contribution in [-0.4, -0.2) is 81.4 Å². The number of carbonyl (C=O) groups is 2. The maximum absolute atomic E-state index is 14.2. The first-order chi connectivity index (χ1) is 22.6. The number of fused-ring (bicyclic) bond motifs is 2. The molecule has 3 aromatic carbocycles. The number of ether oxygens (including phenoxy) is 4. The van der Waals surface area contributed by atoms with Crippen molar-refractivity contribution in [2.75, 3.05) is 38.4 Å². The van der Waals surface area contributed by atoms with E-state index in [2.05, 4.69) is 0 Å². The highest BCUT2D eigenvalue weighted by atomic mass is 32.2. The summed E-state index contributed by atoms with van der Waals surface area (Å²) in [6, 6.07) is 12.7. The monoisotopic (exact) mass is 706 g/mol. The molecule has 1 heterocycles. The summed E-state index contributed by atoms with van der Waals surface area (Å²) in [6.07, 6.45) is 0.0177. The van der Waals surface area contributed by atoms with Gasteiger partial charge in [0.1, 0.15) is 23.9 Å². The summed E-state index contributed by atoms with van der Waals surface area (Å²) < 4.78 is 87.7. The van der Waals surface area contributed by atoms with Gasteiger partial charge >= 0.3 is 11.9 Å². The van der Waals surface area contributed by atoms with Crippen LogP contribution in [-0.2, 0) is 31.5 Å². The number of benzene rings is 3. The summed E-state index contributed by atoms with van der Waals surface area (Å²) in [5.74, 6) is -1.57. The van der Waals surface area contributed by atoms with E-state index in [1.807, 2.05) is 0 Å². The van der Waals surface area contributed by atoms with E-state index < -0.39 is 43.7 Å². The van der Waals surface area contributed by atoms with E-state index in [4.69, 9.17) is 23.5 Å². The summed E-state index contributed by atoms with van der Waals surface area (Å²) in [6.45, 7) is 3.09. The summed E-state index contributed by atoms with van der Waals surface area (Å²) >= 11 is 0. The maximum Gasteiger partial charge on any atom is 0.345 e. The average Bonchev–Trinajstić information content (AvgIpc) is 3.01. The SMILES string of the molecule is COC(=O)c1cc(C)c(OC(=O)c2c3cc(OCCO)ccc3[n+](CCCS(=O)(=O)O)c3ccc(OCCCS(=O)(=O)O)cc23)c(C)c1. The van der Waals surface area contributed by atoms with Crippen LogP contribution in [0.5, 0.6) is 17.2 Å². The van der Waals surface area contributed by atoms with E-state index in [0.717, 1.165) is 0 Å². The molecule has 1 aromatic heterocycles. The van der Waals surface area contributed by atoms with Gasteiger partial charge in [-0.25, -0.2) is 9.59 Å². The fourth-order valence-corrected chi connectivity index (χ4v) is 6.28. The first kappa shape index (κ1) is 36.5. The number of pyridine rings is 1. The number of aliphatic hydroxyl groups is 1. The van der Waals surface area contributed by atoms with Crippen LogP contribution in [0.3, 0.4) is 0 Å². The molecule has 0 amide bonds. The molecule has 4 rings (SSSR count). The van der Waals surface area contributed by atoms with Crippen LogP contribution in [0.2, 0.25) is 0 Å². The lowest BCUT2D eigenvalue weighted by atomic mass is 10.0. The largest absolute Gasteiger partial charge is 0.494 e. The minimum atomic E-state index is -4.26. The Hall–Kier alpha value is -4.35. The van der Waals surface area contributed by atoms with Crippen LogP contribution in [0.25, 0.3) is 21.8 Å². The van der Waals surface area contributed by atoms with Gasteiger partial charge in [-0.1, -0.05) is 0 Å². The van der Waals surface area contributed by atoms with E-state index in [1.54, 1.807) is 54.8 Å². The zero-order valence-corrected chi connectivity index (χ0v) is 28.1. The van der Waals surface area contributed by atoms with Gasteiger partial charge in [-0.2, -0.15) is 21.4 Å². The number of nitrogens with zero attached hydrogens (tertiary/aromatic N) is 1. The molecular formula is C32H36NO13S2+. The van der Waals surface area contributed by atoms with E-state index in [0.29, 0.717) is 38.7 Å². The second kappa shape index (κ2) is 15.3. The fraction of sp³-hybridized carbons (Fsp3) is 0.344. The molecule has 0 atom stereocenters. The van der Waals surface area contributed by atoms with Gasteiger partial charge in [0.15, 0.2) is 6.54 Å². The molecule has 0 aliphatic carbocycles. The molecule has 0 unspecified atom stereocenters. The quantitative estimate of drug-likeness (QED) is 0.0406. The Morgan fingerprint density at radius 1 is 0.750 bits per heavy atom. The molecule has 4 aromatic rings. The third-order valence-corrected chi connectivity index (χ3v) is 8.91. The fourth-order valence-electron chi connectivity index (χ4n) is 5.31. The number of esters is 2. The molecule has 0 aliphatic rings. The van der Waals surface area contributed by atoms with Gasteiger partial charge in [0.05, 0.1) is 53.7 Å². The summed E-state index contributed by atoms with van der Waals surface area (Å²) in [5.41, 5.74) is 2.31. The van der Waals surface area contributed by atoms with Crippen molar-refractivity contribution in [1.29, 1.82) is 0 Å². The lowest BCUT2D eigenvalue weighted by Gasteiger charge is -2.16. The first-order valence-corrected chi connectivity index (χ1v) is 18.0. The van der Waals surface area contributed by atoms with E-state index in [-0.39, 0.29) is 61.8 Å². The summed E-state index contributed by atoms with van der Waals surface area (Å²) in [5, 5.41) is 9.99. The topological polar surface area (TPSA) is 204 Å². The Morgan fingerprint density at radius 2 is 1.27 bits per heavy atom. The van der Waals surface area contributed by atoms with Gasteiger partial charge in [0.2, 0.25) is 11.0 Å². The number of hydrogen-bond acceptors (Lipinski definition) is 11. The lowest BCUT2D eigenvalue weighted by molar-refractivity contribution is -0.645. The summed E-state index contributed by atoms with van der Waals surface area (Å²) in [4.78, 5) is 26.4. The van der Waals surface area contributed by atoms with Crippen molar-refractivity contribution >= 4 is 54.0 Å². The van der Waals surface area contributed by atoms with Gasteiger partial charge < -0.3 is 24.1 Å². The van der Waals surface area contributed by atoms with Crippen molar-refractivity contribution in [2.45, 2.75) is 33.2 Å². The molecule has 258 valence electrons. The number of methoxy groups -OCH3 is 1. The third-order valence-electron chi connectivity index (χ3n) is 7.30. The molecule has 0 spiro atoms. The van der Waals surface area contributed by atoms with E-state index in [9.17, 15) is 36.1 Å². The van der Waals surface area contributed by atoms with E-state index >= 15 is 0 Å². The van der Waals surface area contributed by atoms with Crippen LogP contribution in [0.15, 0.2) is 48.5 Å². The van der Waals surface area contributed by atoms with Crippen LogP contribution < -0.4 is 18.8 Å². The lowest BCUT2D eigenvalue weighted by Crippen LogP contribution is -2.37. The van der Waals surface area contributed by atoms with E-state index in [1.165, 1.54) is 19.2 Å². The Balaban J connectivity index is 1.92. The van der Waals surface area contributed by atoms with Crippen LogP contribution in [0.1, 0.15) is 44.7 Å². The maximum atomic E-state index is 14.2. The van der Waals surface area contributed by atoms with Crippen molar-refractivity contribution in [3.8, 4) is 17.2 Å². The number of aromatic nitrogens is 1. The highest BCUT2D eigenvalue weighted by Gasteiger charge is 2.28. The van der Waals surface area contributed by atoms with Gasteiger partial charge in [-0.3, -0.25) is 9.11 Å². The molecule has 16 heteroatoms. The Labute approximate surface area is 277 Å². The normalized spacial score (nSPS) is 11.9. The molecule has 14 nitrogen and oxygen atoms in total. The van der Waals surface area contributed by atoms with Crippen molar-refractivity contribution in [2.24, 2.45) is 0 Å². The minimum absolute atomic E-state index is 0.00912. The van der Waals surface area contributed by atoms with Crippen molar-refractivity contribution < 1.29 is 64.2 Å². The van der Waals surface area contributed by atoms with Gasteiger partial charge in [-0.05, 0) is 67.8 Å². The second-order valence-corrected chi connectivity index (χ2v) is 14.0. The second-order valence-electron chi connectivity index (χ2n) is 10.9. The molecule has 0 radical (unpaired) electrons. The average molecular weight is 707 g/mol. The van der Waals surface area contributed by atoms with Gasteiger partial charge in [0.25, 0.3) is 20.2 Å². The highest BCUT2D eigenvalue weighted by molar-refractivity contribution is 7.86. The molecule has 3 N–H and O–H groups in total. The van der Waals surface area contributed by atoms with Crippen LogP contribution in [0.4, 0.5) is 0 Å². The zero-order chi connectivity index (χ0) is 35.2. The first-order valence-electron chi connectivity index (χ1n) is 14.7. The van der Waals surface area contributed by atoms with Crippen LogP contribution in [0, 0.1) is 13.8 Å². The zero-order valence-electron chi connectivity index (χ0n) is 26.5. The third kappa shape index (κ3) is 9.17. The molecule has 0 saturated carbocycles. The Morgan fingerprint density at radius 3 is 1.77 bits per heavy atom. The minimum Gasteiger partial charge on any atom is -0.494 e. The van der Waals surface area contributed by atoms with Gasteiger partial charge in [0, 0.05) is 18.6 Å². The Bertz CT molecular complexity index is 2050. The van der Waals surface area contributed by atoms with Crippen molar-refractivity contribution in [1.82, 2.24) is 0 Å². The number of aliphatic hydroxyl groups excluding tert-OH is 1. The number of rotatable bonds is 15. The summed E-state index contributed by atoms with van der Waals surface area (Å²) in [7, 11) is -7.20. The molecular weight excluding hydrogens is 670 g/mol. The van der Waals surface area contributed by atoms with Gasteiger partial charge in [-0.15, -0.1) is 0 Å². The molecule has 0 saturated heterocycles. The molecule has 48 heavy (non-hydrogen) atoms. The van der Waals surface area contributed by atoms with Crippen molar-refractivity contribution in [3.63, 3.8) is 0 Å². The molecule has 0 fully saturated rings.